The van der Waals surface area contributed by atoms with Crippen molar-refractivity contribution in [3.63, 3.8) is 0 Å². The Morgan fingerprint density at radius 3 is 2.53 bits per heavy atom. The summed E-state index contributed by atoms with van der Waals surface area (Å²) >= 11 is 13.4. The van der Waals surface area contributed by atoms with Crippen LogP contribution in [-0.4, -0.2) is 32.3 Å². The largest absolute Gasteiger partial charge is 0.342 e. The van der Waals surface area contributed by atoms with Crippen LogP contribution in [0.2, 0.25) is 10.0 Å². The van der Waals surface area contributed by atoms with Crippen molar-refractivity contribution in [3.8, 4) is 0 Å². The minimum Gasteiger partial charge on any atom is -0.342 e. The minimum atomic E-state index is -0.383. The quantitative estimate of drug-likeness (QED) is 0.433. The lowest BCUT2D eigenvalue weighted by Gasteiger charge is -2.22. The van der Waals surface area contributed by atoms with Crippen LogP contribution in [0.4, 0.5) is 5.69 Å². The first-order valence-electron chi connectivity index (χ1n) is 9.89. The summed E-state index contributed by atoms with van der Waals surface area (Å²) in [5.74, 6) is 0.324. The molecule has 0 fully saturated rings. The Hall–Kier alpha value is -2.55. The standard InChI is InChI=1S/C22H23Cl2N5O2S/c1-13(2)19(26-21(31)16-9-4-5-10-17(16)24)20-27-28-22(29(20)3)32-12-18(30)25-15-8-6-7-14(23)11-15/h4-11,13,19H,12H2,1-3H3,(H,25,30)(H,26,31)/t19-/m0/s1. The smallest absolute Gasteiger partial charge is 0.253 e. The van der Waals surface area contributed by atoms with Crippen molar-refractivity contribution in [2.24, 2.45) is 13.0 Å². The third kappa shape index (κ3) is 6.03. The van der Waals surface area contributed by atoms with Gasteiger partial charge in [0.25, 0.3) is 5.91 Å². The summed E-state index contributed by atoms with van der Waals surface area (Å²) in [7, 11) is 1.81. The van der Waals surface area contributed by atoms with E-state index in [4.69, 9.17) is 23.2 Å². The molecule has 3 rings (SSSR count). The summed E-state index contributed by atoms with van der Waals surface area (Å²) < 4.78 is 1.79. The molecule has 1 heterocycles. The van der Waals surface area contributed by atoms with Gasteiger partial charge in [-0.15, -0.1) is 10.2 Å². The van der Waals surface area contributed by atoms with Gasteiger partial charge in [0.2, 0.25) is 5.91 Å². The number of halogens is 2. The van der Waals surface area contributed by atoms with Gasteiger partial charge in [0.05, 0.1) is 22.4 Å². The van der Waals surface area contributed by atoms with E-state index in [1.165, 1.54) is 11.8 Å². The number of nitrogens with zero attached hydrogens (tertiary/aromatic N) is 3. The first kappa shape index (κ1) is 24.1. The molecule has 1 atom stereocenters. The van der Waals surface area contributed by atoms with Crippen molar-refractivity contribution in [3.05, 3.63) is 70.0 Å². The fourth-order valence-corrected chi connectivity index (χ4v) is 4.14. The molecule has 7 nitrogen and oxygen atoms in total. The van der Waals surface area contributed by atoms with Crippen LogP contribution in [0.5, 0.6) is 0 Å². The number of anilines is 1. The van der Waals surface area contributed by atoms with Crippen LogP contribution in [0.15, 0.2) is 53.7 Å². The van der Waals surface area contributed by atoms with Crippen LogP contribution < -0.4 is 10.6 Å². The molecular weight excluding hydrogens is 469 g/mol. The average Bonchev–Trinajstić information content (AvgIpc) is 3.10. The van der Waals surface area contributed by atoms with E-state index in [1.54, 1.807) is 53.1 Å². The molecule has 10 heteroatoms. The first-order valence-corrected chi connectivity index (χ1v) is 11.6. The van der Waals surface area contributed by atoms with E-state index in [2.05, 4.69) is 20.8 Å². The van der Waals surface area contributed by atoms with Gasteiger partial charge in [-0.3, -0.25) is 9.59 Å². The second-order valence-corrected chi connectivity index (χ2v) is 9.21. The molecule has 0 aliphatic heterocycles. The Kier molecular flexibility index (Phi) is 8.17. The van der Waals surface area contributed by atoms with Gasteiger partial charge in [0.1, 0.15) is 0 Å². The van der Waals surface area contributed by atoms with Crippen molar-refractivity contribution in [2.75, 3.05) is 11.1 Å². The lowest BCUT2D eigenvalue weighted by molar-refractivity contribution is -0.113. The SMILES string of the molecule is CC(C)[C@H](NC(=O)c1ccccc1Cl)c1nnc(SCC(=O)Nc2cccc(Cl)c2)n1C. The number of carbonyl (C=O) groups excluding carboxylic acids is 2. The molecule has 0 saturated heterocycles. The first-order chi connectivity index (χ1) is 15.3. The normalized spacial score (nSPS) is 11.9. The van der Waals surface area contributed by atoms with Crippen LogP contribution in [0.3, 0.4) is 0 Å². The molecule has 3 aromatic rings. The average molecular weight is 492 g/mol. The molecule has 2 aromatic carbocycles. The van der Waals surface area contributed by atoms with Crippen molar-refractivity contribution in [1.29, 1.82) is 0 Å². The lowest BCUT2D eigenvalue weighted by Crippen LogP contribution is -2.33. The number of hydrogen-bond acceptors (Lipinski definition) is 5. The van der Waals surface area contributed by atoms with Crippen LogP contribution in [0.1, 0.15) is 36.1 Å². The van der Waals surface area contributed by atoms with E-state index in [-0.39, 0.29) is 29.5 Å². The van der Waals surface area contributed by atoms with Gasteiger partial charge in [-0.05, 0) is 36.2 Å². The predicted molar refractivity (Wildman–Crippen MR) is 128 cm³/mol. The van der Waals surface area contributed by atoms with Crippen molar-refractivity contribution in [2.45, 2.75) is 25.0 Å². The summed E-state index contributed by atoms with van der Waals surface area (Å²) in [5.41, 5.74) is 1.03. The lowest BCUT2D eigenvalue weighted by atomic mass is 10.0. The van der Waals surface area contributed by atoms with Gasteiger partial charge >= 0.3 is 0 Å². The predicted octanol–water partition coefficient (Wildman–Crippen LogP) is 4.98. The summed E-state index contributed by atoms with van der Waals surface area (Å²) in [6.45, 7) is 3.97. The molecule has 0 radical (unpaired) electrons. The maximum atomic E-state index is 12.8. The highest BCUT2D eigenvalue weighted by Gasteiger charge is 2.26. The van der Waals surface area contributed by atoms with E-state index >= 15 is 0 Å². The van der Waals surface area contributed by atoms with Crippen molar-refractivity contribution >= 4 is 52.5 Å². The van der Waals surface area contributed by atoms with Gasteiger partial charge < -0.3 is 15.2 Å². The maximum absolute atomic E-state index is 12.8. The highest BCUT2D eigenvalue weighted by molar-refractivity contribution is 7.99. The second kappa shape index (κ2) is 10.8. The maximum Gasteiger partial charge on any atom is 0.253 e. The fourth-order valence-electron chi connectivity index (χ4n) is 3.01. The zero-order valence-corrected chi connectivity index (χ0v) is 20.1. The van der Waals surface area contributed by atoms with E-state index in [9.17, 15) is 9.59 Å². The summed E-state index contributed by atoms with van der Waals surface area (Å²) in [4.78, 5) is 25.1. The number of benzene rings is 2. The molecule has 168 valence electrons. The van der Waals surface area contributed by atoms with E-state index in [1.807, 2.05) is 20.9 Å². The van der Waals surface area contributed by atoms with E-state index in [0.29, 0.717) is 32.3 Å². The number of rotatable bonds is 8. The molecule has 2 N–H and O–H groups in total. The Bertz CT molecular complexity index is 1120. The molecule has 0 aliphatic carbocycles. The highest BCUT2D eigenvalue weighted by Crippen LogP contribution is 2.25. The summed E-state index contributed by atoms with van der Waals surface area (Å²) in [6.07, 6.45) is 0. The molecule has 0 bridgehead atoms. The summed E-state index contributed by atoms with van der Waals surface area (Å²) in [6, 6.07) is 13.4. The molecule has 0 saturated carbocycles. The van der Waals surface area contributed by atoms with Gasteiger partial charge in [0.15, 0.2) is 11.0 Å². The van der Waals surface area contributed by atoms with Gasteiger partial charge in [-0.2, -0.15) is 0 Å². The third-order valence-corrected chi connectivity index (χ3v) is 6.24. The monoisotopic (exact) mass is 491 g/mol. The number of hydrogen-bond donors (Lipinski definition) is 2. The Balaban J connectivity index is 1.67. The molecule has 0 spiro atoms. The molecule has 0 aliphatic rings. The summed E-state index contributed by atoms with van der Waals surface area (Å²) in [5, 5.41) is 15.8. The van der Waals surface area contributed by atoms with Crippen LogP contribution >= 0.6 is 35.0 Å². The Labute approximate surface area is 200 Å². The number of aromatic nitrogens is 3. The third-order valence-electron chi connectivity index (χ3n) is 4.66. The molecule has 2 amide bonds. The zero-order valence-electron chi connectivity index (χ0n) is 17.8. The van der Waals surface area contributed by atoms with Crippen LogP contribution in [0, 0.1) is 5.92 Å². The number of thioether (sulfide) groups is 1. The van der Waals surface area contributed by atoms with Crippen LogP contribution in [-0.2, 0) is 11.8 Å². The van der Waals surface area contributed by atoms with E-state index in [0.717, 1.165) is 0 Å². The van der Waals surface area contributed by atoms with Crippen molar-refractivity contribution < 1.29 is 9.59 Å². The second-order valence-electron chi connectivity index (χ2n) is 7.42. The topological polar surface area (TPSA) is 88.9 Å². The molecule has 1 aromatic heterocycles. The highest BCUT2D eigenvalue weighted by atomic mass is 35.5. The number of amides is 2. The zero-order chi connectivity index (χ0) is 23.3. The van der Waals surface area contributed by atoms with Gasteiger partial charge in [0, 0.05) is 17.8 Å². The number of carbonyl (C=O) groups is 2. The molecule has 32 heavy (non-hydrogen) atoms. The minimum absolute atomic E-state index is 0.0494. The fraction of sp³-hybridized carbons (Fsp3) is 0.273. The van der Waals surface area contributed by atoms with Gasteiger partial charge in [-0.1, -0.05) is 67.0 Å². The molecule has 0 unspecified atom stereocenters. The molecular formula is C22H23Cl2N5O2S. The van der Waals surface area contributed by atoms with Crippen LogP contribution in [0.25, 0.3) is 0 Å². The van der Waals surface area contributed by atoms with Crippen molar-refractivity contribution in [1.82, 2.24) is 20.1 Å². The Morgan fingerprint density at radius 1 is 1.09 bits per heavy atom. The van der Waals surface area contributed by atoms with Gasteiger partial charge in [-0.25, -0.2) is 0 Å². The number of nitrogens with one attached hydrogen (secondary N) is 2. The Morgan fingerprint density at radius 2 is 1.84 bits per heavy atom. The van der Waals surface area contributed by atoms with E-state index < -0.39 is 0 Å².